The highest BCUT2D eigenvalue weighted by molar-refractivity contribution is 6.32. The van der Waals surface area contributed by atoms with Gasteiger partial charge in [0.15, 0.2) is 0 Å². The number of methoxy groups -OCH3 is 1. The van der Waals surface area contributed by atoms with Gasteiger partial charge >= 0.3 is 5.97 Å². The lowest BCUT2D eigenvalue weighted by molar-refractivity contribution is 0.0663. The molecule has 88 valence electrons. The number of hydrogen-bond acceptors (Lipinski definition) is 3. The predicted molar refractivity (Wildman–Crippen MR) is 62.7 cm³/mol. The van der Waals surface area contributed by atoms with Gasteiger partial charge < -0.3 is 14.3 Å². The Balaban J connectivity index is 2.39. The fourth-order valence-corrected chi connectivity index (χ4v) is 1.69. The van der Waals surface area contributed by atoms with Gasteiger partial charge in [-0.1, -0.05) is 11.6 Å². The van der Waals surface area contributed by atoms with E-state index in [1.165, 1.54) is 13.2 Å². The van der Waals surface area contributed by atoms with Crippen LogP contribution in [0.4, 0.5) is 0 Å². The van der Waals surface area contributed by atoms with Crippen LogP contribution in [0.3, 0.4) is 0 Å². The zero-order valence-electron chi connectivity index (χ0n) is 8.94. The van der Waals surface area contributed by atoms with Gasteiger partial charge in [-0.15, -0.1) is 0 Å². The first-order valence-corrected chi connectivity index (χ1v) is 5.16. The van der Waals surface area contributed by atoms with E-state index in [0.29, 0.717) is 22.1 Å². The van der Waals surface area contributed by atoms with Crippen LogP contribution in [-0.2, 0) is 0 Å². The molecule has 5 heteroatoms. The second-order valence-electron chi connectivity index (χ2n) is 3.32. The first kappa shape index (κ1) is 11.5. The minimum absolute atomic E-state index is 0.105. The summed E-state index contributed by atoms with van der Waals surface area (Å²) in [4.78, 5) is 10.7. The first-order valence-electron chi connectivity index (χ1n) is 4.79. The highest BCUT2D eigenvalue weighted by Crippen LogP contribution is 2.30. The smallest absolute Gasteiger partial charge is 0.371 e. The van der Waals surface area contributed by atoms with Crippen molar-refractivity contribution in [2.45, 2.75) is 0 Å². The monoisotopic (exact) mass is 252 g/mol. The molecule has 17 heavy (non-hydrogen) atoms. The van der Waals surface area contributed by atoms with E-state index in [-0.39, 0.29) is 5.76 Å². The molecule has 0 bridgehead atoms. The molecule has 0 spiro atoms. The summed E-state index contributed by atoms with van der Waals surface area (Å²) >= 11 is 5.97. The summed E-state index contributed by atoms with van der Waals surface area (Å²) < 4.78 is 10.2. The molecule has 0 saturated carbocycles. The Morgan fingerprint density at radius 2 is 2.12 bits per heavy atom. The normalized spacial score (nSPS) is 10.2. The molecule has 2 rings (SSSR count). The van der Waals surface area contributed by atoms with Crippen molar-refractivity contribution in [3.63, 3.8) is 0 Å². The topological polar surface area (TPSA) is 59.7 Å². The van der Waals surface area contributed by atoms with Crippen LogP contribution in [0.15, 0.2) is 34.7 Å². The Kier molecular flexibility index (Phi) is 3.06. The highest BCUT2D eigenvalue weighted by Gasteiger charge is 2.11. The van der Waals surface area contributed by atoms with E-state index < -0.39 is 5.97 Å². The van der Waals surface area contributed by atoms with E-state index in [1.54, 1.807) is 24.3 Å². The molecule has 0 atom stereocenters. The van der Waals surface area contributed by atoms with Crippen molar-refractivity contribution in [2.24, 2.45) is 0 Å². The molecule has 0 aliphatic heterocycles. The standard InChI is InChI=1S/C12H9ClO4/c1-16-10-3-2-7(6-8(10)13)9-4-5-11(17-9)12(14)15/h2-6H,1H3,(H,14,15). The molecule has 1 heterocycles. The van der Waals surface area contributed by atoms with Gasteiger partial charge in [-0.25, -0.2) is 4.79 Å². The number of carbonyl (C=O) groups is 1. The lowest BCUT2D eigenvalue weighted by Crippen LogP contribution is -1.91. The molecule has 0 unspecified atom stereocenters. The van der Waals surface area contributed by atoms with Crippen LogP contribution >= 0.6 is 11.6 Å². The van der Waals surface area contributed by atoms with Gasteiger partial charge in [0.1, 0.15) is 11.5 Å². The Morgan fingerprint density at radius 3 is 2.65 bits per heavy atom. The number of carboxylic acid groups (broad SMARTS) is 1. The number of hydrogen-bond donors (Lipinski definition) is 1. The molecule has 0 radical (unpaired) electrons. The third-order valence-corrected chi connectivity index (χ3v) is 2.55. The van der Waals surface area contributed by atoms with Gasteiger partial charge in [0.25, 0.3) is 0 Å². The van der Waals surface area contributed by atoms with Gasteiger partial charge in [0.05, 0.1) is 12.1 Å². The largest absolute Gasteiger partial charge is 0.495 e. The molecule has 2 aromatic rings. The summed E-state index contributed by atoms with van der Waals surface area (Å²) in [7, 11) is 1.52. The zero-order valence-corrected chi connectivity index (χ0v) is 9.69. The quantitative estimate of drug-likeness (QED) is 0.910. The van der Waals surface area contributed by atoms with E-state index in [4.69, 9.17) is 25.9 Å². The van der Waals surface area contributed by atoms with Crippen molar-refractivity contribution in [3.8, 4) is 17.1 Å². The highest BCUT2D eigenvalue weighted by atomic mass is 35.5. The number of halogens is 1. The molecule has 1 N–H and O–H groups in total. The van der Waals surface area contributed by atoms with Crippen LogP contribution in [0.5, 0.6) is 5.75 Å². The molecule has 0 aliphatic rings. The van der Waals surface area contributed by atoms with Crippen molar-refractivity contribution in [1.29, 1.82) is 0 Å². The number of benzene rings is 1. The fraction of sp³-hybridized carbons (Fsp3) is 0.0833. The van der Waals surface area contributed by atoms with Gasteiger partial charge in [-0.05, 0) is 30.3 Å². The van der Waals surface area contributed by atoms with E-state index in [1.807, 2.05) is 0 Å². The fourth-order valence-electron chi connectivity index (χ4n) is 1.43. The van der Waals surface area contributed by atoms with Gasteiger partial charge in [0, 0.05) is 5.56 Å². The summed E-state index contributed by atoms with van der Waals surface area (Å²) in [6.07, 6.45) is 0. The average Bonchev–Trinajstić information content (AvgIpc) is 2.78. The van der Waals surface area contributed by atoms with Crippen molar-refractivity contribution < 1.29 is 19.1 Å². The van der Waals surface area contributed by atoms with E-state index >= 15 is 0 Å². The van der Waals surface area contributed by atoms with E-state index in [2.05, 4.69) is 0 Å². The molecule has 0 aliphatic carbocycles. The molecule has 1 aromatic heterocycles. The number of furan rings is 1. The molecule has 0 fully saturated rings. The Morgan fingerprint density at radius 1 is 1.35 bits per heavy atom. The van der Waals surface area contributed by atoms with Crippen molar-refractivity contribution in [2.75, 3.05) is 7.11 Å². The van der Waals surface area contributed by atoms with Crippen LogP contribution in [0, 0.1) is 0 Å². The maximum absolute atomic E-state index is 10.7. The molecule has 0 saturated heterocycles. The summed E-state index contributed by atoms with van der Waals surface area (Å²) in [5.41, 5.74) is 0.698. The van der Waals surface area contributed by atoms with Gasteiger partial charge in [-0.2, -0.15) is 0 Å². The third kappa shape index (κ3) is 2.26. The number of ether oxygens (including phenoxy) is 1. The van der Waals surface area contributed by atoms with Gasteiger partial charge in [-0.3, -0.25) is 0 Å². The molecular weight excluding hydrogens is 244 g/mol. The molecular formula is C12H9ClO4. The van der Waals surface area contributed by atoms with Crippen LogP contribution < -0.4 is 4.74 Å². The second-order valence-corrected chi connectivity index (χ2v) is 3.73. The van der Waals surface area contributed by atoms with Crippen molar-refractivity contribution >= 4 is 17.6 Å². The van der Waals surface area contributed by atoms with Crippen LogP contribution in [0.25, 0.3) is 11.3 Å². The second kappa shape index (κ2) is 4.51. The summed E-state index contributed by atoms with van der Waals surface area (Å²) in [5, 5.41) is 9.18. The molecule has 4 nitrogen and oxygen atoms in total. The summed E-state index contributed by atoms with van der Waals surface area (Å²) in [6.45, 7) is 0. The Hall–Kier alpha value is -1.94. The molecule has 1 aromatic carbocycles. The Bertz CT molecular complexity index is 559. The predicted octanol–water partition coefficient (Wildman–Crippen LogP) is 3.31. The maximum Gasteiger partial charge on any atom is 0.371 e. The minimum Gasteiger partial charge on any atom is -0.495 e. The Labute approximate surface area is 102 Å². The van der Waals surface area contributed by atoms with Gasteiger partial charge in [0.2, 0.25) is 5.76 Å². The summed E-state index contributed by atoms with van der Waals surface area (Å²) in [6, 6.07) is 8.08. The SMILES string of the molecule is COc1ccc(-c2ccc(C(=O)O)o2)cc1Cl. The lowest BCUT2D eigenvalue weighted by atomic mass is 10.2. The van der Waals surface area contributed by atoms with Crippen LogP contribution in [-0.4, -0.2) is 18.2 Å². The van der Waals surface area contributed by atoms with E-state index in [9.17, 15) is 4.79 Å². The van der Waals surface area contributed by atoms with Crippen molar-refractivity contribution in [3.05, 3.63) is 41.1 Å². The average molecular weight is 253 g/mol. The van der Waals surface area contributed by atoms with Crippen LogP contribution in [0.1, 0.15) is 10.6 Å². The molecule has 0 amide bonds. The number of aromatic carboxylic acids is 1. The first-order chi connectivity index (χ1) is 8.11. The number of rotatable bonds is 3. The van der Waals surface area contributed by atoms with Crippen molar-refractivity contribution in [1.82, 2.24) is 0 Å². The third-order valence-electron chi connectivity index (χ3n) is 2.25. The maximum atomic E-state index is 10.7. The summed E-state index contributed by atoms with van der Waals surface area (Å²) in [5.74, 6) is -0.199. The van der Waals surface area contributed by atoms with E-state index in [0.717, 1.165) is 0 Å². The lowest BCUT2D eigenvalue weighted by Gasteiger charge is -2.03. The zero-order chi connectivity index (χ0) is 12.4. The number of carboxylic acids is 1. The van der Waals surface area contributed by atoms with Crippen LogP contribution in [0.2, 0.25) is 5.02 Å². The minimum atomic E-state index is -1.10.